The summed E-state index contributed by atoms with van der Waals surface area (Å²) in [6, 6.07) is -0.555. The average Bonchev–Trinajstić information content (AvgIpc) is 3.36. The fourth-order valence-electron chi connectivity index (χ4n) is 10.5. The van der Waals surface area contributed by atoms with Gasteiger partial charge < -0.3 is 20.3 Å². The van der Waals surface area contributed by atoms with Crippen molar-refractivity contribution in [2.24, 2.45) is 0 Å². The molecule has 418 valence electrons. The van der Waals surface area contributed by atoms with Crippen molar-refractivity contribution in [2.75, 3.05) is 13.2 Å². The van der Waals surface area contributed by atoms with E-state index in [4.69, 9.17) is 4.74 Å². The lowest BCUT2D eigenvalue weighted by Gasteiger charge is -2.22. The zero-order chi connectivity index (χ0) is 50.7. The highest BCUT2D eigenvalue weighted by Crippen LogP contribution is 2.19. The van der Waals surface area contributed by atoms with Crippen molar-refractivity contribution in [3.8, 4) is 0 Å². The number of aliphatic hydroxyl groups excluding tert-OH is 2. The standard InChI is InChI=1S/C64H127NO5/c1-3-5-7-9-11-13-15-17-19-21-23-24-25-26-27-28-29-31-33-36-40-44-48-52-56-62(67)61(60-66)65-63(68)57-53-49-45-41-37-35-39-43-47-51-55-59-70-64(69)58-54-50-46-42-38-34-32-30-22-20-18-16-14-12-10-8-6-4-2/h61-62,66-67H,3-60H2,1-2H3,(H,65,68). The minimum absolute atomic E-state index is 0.00728. The fraction of sp³-hybridized carbons (Fsp3) is 0.969. The summed E-state index contributed by atoms with van der Waals surface area (Å²) in [5.74, 6) is -0.0552. The summed E-state index contributed by atoms with van der Waals surface area (Å²) in [5.41, 5.74) is 0. The second-order valence-electron chi connectivity index (χ2n) is 22.5. The van der Waals surface area contributed by atoms with E-state index in [9.17, 15) is 19.8 Å². The Morgan fingerprint density at radius 1 is 0.343 bits per heavy atom. The molecule has 0 aromatic rings. The third-order valence-electron chi connectivity index (χ3n) is 15.4. The van der Waals surface area contributed by atoms with Crippen LogP contribution in [0.25, 0.3) is 0 Å². The van der Waals surface area contributed by atoms with Crippen LogP contribution in [-0.4, -0.2) is 47.4 Å². The van der Waals surface area contributed by atoms with E-state index >= 15 is 0 Å². The molecule has 0 spiro atoms. The largest absolute Gasteiger partial charge is 0.466 e. The van der Waals surface area contributed by atoms with E-state index in [-0.39, 0.29) is 18.5 Å². The summed E-state index contributed by atoms with van der Waals surface area (Å²) in [4.78, 5) is 24.6. The summed E-state index contributed by atoms with van der Waals surface area (Å²) in [6.07, 6.45) is 71.1. The molecule has 0 saturated carbocycles. The molecule has 1 amide bonds. The number of carbonyl (C=O) groups excluding carboxylic acids is 2. The van der Waals surface area contributed by atoms with Gasteiger partial charge in [0.2, 0.25) is 5.91 Å². The Kier molecular flexibility index (Phi) is 59.4. The van der Waals surface area contributed by atoms with Crippen molar-refractivity contribution in [1.82, 2.24) is 5.32 Å². The first-order chi connectivity index (χ1) is 34.5. The second kappa shape index (κ2) is 60.4. The monoisotopic (exact) mass is 990 g/mol. The van der Waals surface area contributed by atoms with E-state index < -0.39 is 12.1 Å². The number of unbranched alkanes of at least 4 members (excludes halogenated alkanes) is 50. The zero-order valence-corrected chi connectivity index (χ0v) is 47.8. The molecule has 2 unspecified atom stereocenters. The number of hydrogen-bond acceptors (Lipinski definition) is 5. The van der Waals surface area contributed by atoms with Crippen molar-refractivity contribution < 1.29 is 24.5 Å². The SMILES string of the molecule is CCCCCCCCCCCCCCCCCCCCCCCCCCC(O)C(CO)NC(=O)CCCCCCCCCCCCCOC(=O)CCCCCCCCCCCCCCCCCCCC. The van der Waals surface area contributed by atoms with Gasteiger partial charge in [0, 0.05) is 12.8 Å². The predicted molar refractivity (Wildman–Crippen MR) is 306 cm³/mol. The van der Waals surface area contributed by atoms with Crippen molar-refractivity contribution in [3.63, 3.8) is 0 Å². The Morgan fingerprint density at radius 3 is 0.871 bits per heavy atom. The highest BCUT2D eigenvalue weighted by atomic mass is 16.5. The molecule has 0 aliphatic heterocycles. The Balaban J connectivity index is 3.42. The number of nitrogens with one attached hydrogen (secondary N) is 1. The summed E-state index contributed by atoms with van der Waals surface area (Å²) in [6.45, 7) is 4.96. The number of ether oxygens (including phenoxy) is 1. The molecule has 0 aromatic carbocycles. The summed E-state index contributed by atoms with van der Waals surface area (Å²) >= 11 is 0. The van der Waals surface area contributed by atoms with E-state index in [1.807, 2.05) is 0 Å². The zero-order valence-electron chi connectivity index (χ0n) is 47.8. The Hall–Kier alpha value is -1.14. The lowest BCUT2D eigenvalue weighted by molar-refractivity contribution is -0.143. The minimum Gasteiger partial charge on any atom is -0.466 e. The number of rotatable bonds is 61. The molecular formula is C64H127NO5. The van der Waals surface area contributed by atoms with Crippen LogP contribution in [0.4, 0.5) is 0 Å². The maximum atomic E-state index is 12.5. The van der Waals surface area contributed by atoms with Crippen LogP contribution in [0.1, 0.15) is 373 Å². The fourth-order valence-corrected chi connectivity index (χ4v) is 10.5. The molecule has 6 nitrogen and oxygen atoms in total. The van der Waals surface area contributed by atoms with Gasteiger partial charge in [-0.1, -0.05) is 335 Å². The Bertz CT molecular complexity index is 1010. The van der Waals surface area contributed by atoms with Crippen LogP contribution in [0.2, 0.25) is 0 Å². The Labute approximate surface area is 438 Å². The third-order valence-corrected chi connectivity index (χ3v) is 15.4. The highest BCUT2D eigenvalue weighted by Gasteiger charge is 2.20. The van der Waals surface area contributed by atoms with E-state index in [0.29, 0.717) is 25.9 Å². The molecule has 2 atom stereocenters. The first kappa shape index (κ1) is 68.9. The third kappa shape index (κ3) is 56.2. The van der Waals surface area contributed by atoms with Crippen LogP contribution in [0, 0.1) is 0 Å². The first-order valence-electron chi connectivity index (χ1n) is 32.3. The number of esters is 1. The predicted octanol–water partition coefficient (Wildman–Crippen LogP) is 20.3. The van der Waals surface area contributed by atoms with Crippen LogP contribution in [0.3, 0.4) is 0 Å². The van der Waals surface area contributed by atoms with Crippen molar-refractivity contribution >= 4 is 11.9 Å². The van der Waals surface area contributed by atoms with Crippen LogP contribution in [0.5, 0.6) is 0 Å². The molecule has 0 rings (SSSR count). The average molecular weight is 991 g/mol. The van der Waals surface area contributed by atoms with Gasteiger partial charge in [0.1, 0.15) is 0 Å². The minimum atomic E-state index is -0.677. The summed E-state index contributed by atoms with van der Waals surface area (Å²) in [7, 11) is 0. The van der Waals surface area contributed by atoms with Crippen LogP contribution in [-0.2, 0) is 14.3 Å². The van der Waals surface area contributed by atoms with Crippen molar-refractivity contribution in [2.45, 2.75) is 386 Å². The number of hydrogen-bond donors (Lipinski definition) is 3. The van der Waals surface area contributed by atoms with E-state index in [0.717, 1.165) is 57.8 Å². The molecule has 3 N–H and O–H groups in total. The number of carbonyl (C=O) groups is 2. The summed E-state index contributed by atoms with van der Waals surface area (Å²) < 4.78 is 5.49. The quantitative estimate of drug-likeness (QED) is 0.0417. The molecule has 0 radical (unpaired) electrons. The number of amides is 1. The molecule has 0 heterocycles. The molecular weight excluding hydrogens is 863 g/mol. The topological polar surface area (TPSA) is 95.9 Å². The van der Waals surface area contributed by atoms with Gasteiger partial charge >= 0.3 is 5.97 Å². The molecule has 0 aliphatic rings. The van der Waals surface area contributed by atoms with Crippen LogP contribution < -0.4 is 5.32 Å². The lowest BCUT2D eigenvalue weighted by atomic mass is 10.0. The van der Waals surface area contributed by atoms with Gasteiger partial charge in [0.05, 0.1) is 25.4 Å². The smallest absolute Gasteiger partial charge is 0.305 e. The summed E-state index contributed by atoms with van der Waals surface area (Å²) in [5, 5.41) is 23.4. The second-order valence-corrected chi connectivity index (χ2v) is 22.5. The molecule has 0 aliphatic carbocycles. The molecule has 0 bridgehead atoms. The van der Waals surface area contributed by atoms with Gasteiger partial charge in [0.15, 0.2) is 0 Å². The molecule has 70 heavy (non-hydrogen) atoms. The molecule has 0 fully saturated rings. The van der Waals surface area contributed by atoms with Gasteiger partial charge in [-0.25, -0.2) is 0 Å². The van der Waals surface area contributed by atoms with Crippen molar-refractivity contribution in [1.29, 1.82) is 0 Å². The van der Waals surface area contributed by atoms with Gasteiger partial charge in [0.25, 0.3) is 0 Å². The van der Waals surface area contributed by atoms with Gasteiger partial charge in [-0.3, -0.25) is 9.59 Å². The van der Waals surface area contributed by atoms with Crippen LogP contribution in [0.15, 0.2) is 0 Å². The molecule has 0 aromatic heterocycles. The van der Waals surface area contributed by atoms with Gasteiger partial charge in [-0.2, -0.15) is 0 Å². The molecule has 0 saturated heterocycles. The van der Waals surface area contributed by atoms with E-state index in [2.05, 4.69) is 19.2 Å². The normalized spacial score (nSPS) is 12.5. The Morgan fingerprint density at radius 2 is 0.586 bits per heavy atom. The first-order valence-corrected chi connectivity index (χ1v) is 32.3. The van der Waals surface area contributed by atoms with E-state index in [1.165, 1.54) is 283 Å². The van der Waals surface area contributed by atoms with E-state index in [1.54, 1.807) is 0 Å². The van der Waals surface area contributed by atoms with Crippen molar-refractivity contribution in [3.05, 3.63) is 0 Å². The van der Waals surface area contributed by atoms with Crippen LogP contribution >= 0.6 is 0 Å². The molecule has 6 heteroatoms. The highest BCUT2D eigenvalue weighted by molar-refractivity contribution is 5.76. The number of aliphatic hydroxyl groups is 2. The lowest BCUT2D eigenvalue weighted by Crippen LogP contribution is -2.45. The maximum absolute atomic E-state index is 12.5. The van der Waals surface area contributed by atoms with Gasteiger partial charge in [-0.05, 0) is 25.7 Å². The van der Waals surface area contributed by atoms with Gasteiger partial charge in [-0.15, -0.1) is 0 Å². The maximum Gasteiger partial charge on any atom is 0.305 e.